The monoisotopic (exact) mass is 2480 g/mol. The van der Waals surface area contributed by atoms with Gasteiger partial charge < -0.3 is 52.8 Å². The van der Waals surface area contributed by atoms with E-state index in [2.05, 4.69) is 340 Å². The third-order valence-corrected chi connectivity index (χ3v) is 29.1. The van der Waals surface area contributed by atoms with Crippen molar-refractivity contribution in [2.24, 2.45) is 27.6 Å². The van der Waals surface area contributed by atoms with Gasteiger partial charge in [-0.2, -0.15) is 0 Å². The van der Waals surface area contributed by atoms with Crippen LogP contribution in [-0.4, -0.2) is 155 Å². The molecule has 0 aliphatic heterocycles. The molecule has 11 aromatic rings. The van der Waals surface area contributed by atoms with Gasteiger partial charge in [0.2, 0.25) is 5.78 Å². The van der Waals surface area contributed by atoms with Crippen molar-refractivity contribution in [3.8, 4) is 0 Å². The van der Waals surface area contributed by atoms with Crippen LogP contribution in [0.4, 0.5) is 0 Å². The molecule has 0 aliphatic carbocycles. The summed E-state index contributed by atoms with van der Waals surface area (Å²) in [5.74, 6) is -2.65. The maximum atomic E-state index is 12.8. The van der Waals surface area contributed by atoms with Crippen LogP contribution in [-0.2, 0) is 145 Å². The van der Waals surface area contributed by atoms with Crippen LogP contribution in [0.5, 0.6) is 0 Å². The molecule has 0 saturated heterocycles. The largest absolute Gasteiger partial charge is 0.469 e. The highest BCUT2D eigenvalue weighted by atomic mass is 79.9. The fourth-order valence-electron chi connectivity index (χ4n) is 16.3. The van der Waals surface area contributed by atoms with Crippen molar-refractivity contribution in [1.29, 1.82) is 0 Å². The molecule has 0 heterocycles. The van der Waals surface area contributed by atoms with E-state index in [1.807, 2.05) is 121 Å². The molecule has 0 bridgehead atoms. The van der Waals surface area contributed by atoms with Crippen molar-refractivity contribution in [2.45, 2.75) is 194 Å². The van der Waals surface area contributed by atoms with Crippen LogP contribution in [0.3, 0.4) is 0 Å². The van der Waals surface area contributed by atoms with Crippen LogP contribution in [0.2, 0.25) is 0 Å². The Hall–Kier alpha value is -9.26. The highest BCUT2D eigenvalue weighted by molar-refractivity contribution is 9.11. The number of aliphatic hydroxyl groups excluding tert-OH is 2. The molecule has 0 aliphatic rings. The molecule has 11 aromatic carbocycles. The molecule has 0 amide bonds. The van der Waals surface area contributed by atoms with E-state index < -0.39 is 64.1 Å². The minimum Gasteiger partial charge on any atom is -0.469 e. The molecule has 11 rings (SSSR count). The summed E-state index contributed by atoms with van der Waals surface area (Å²) in [6.07, 6.45) is 6.32. The highest BCUT2D eigenvalue weighted by Gasteiger charge is 2.49. The number of carbonyl (C=O) groups is 8. The molecule has 0 radical (unpaired) electrons. The first kappa shape index (κ1) is 132. The standard InChI is InChI=1S/C25H32O3.C22H25BrO4.C22H29BrO2.C20H25BrO2.C12H13BrO4.C10H13Br.C7H6Br2.C5H8O4/c1-6-25(17-28-5,15-20-7-11-22(12-8-20)18(2)3)16-21-9-13-23(14-10-21)24(27)19(4)26;1-15(2)18-9-5-16(6-10-18)13-22(20(24)26-3,21(25)27-4)14-17-7-11-19(23)12-8-17;1-17(2)20-9-5-18(6-10-20)13-22(15-24-3,16-25-4)14-19-7-11-21(23)12-8-19;1-15(2)18-7-3-16(4-8-18)11-20(13-22,14-23)12-17-5-9-19(21)10-6-17;1-16-11(14)10(12(15)17-2)7-8-3-5-9(13)6-4-8;1-8(2)10-5-3-9(7-11)4-6-10;8-5-6-1-3-7(9)4-2-6;1-8-4(6)3-5(7)9-2/h7-14,18H,6,15-17H2,1-5H3;5-12,15H,13-14H2,1-4H3;5-12,17H,13-16H2,1-4H3;3-10,15,22-23H,11-14H2,1-2H3;3-6,10H,7H2,1-2H3;3-6,8H,7H2,1-2H3;1-4H,5H2;3H2,1-2H3. The quantitative estimate of drug-likeness (QED) is 0.00899. The van der Waals surface area contributed by atoms with Crippen LogP contribution in [0.25, 0.3) is 0 Å². The molecule has 0 saturated carbocycles. The number of esters is 6. The fourth-order valence-corrected chi connectivity index (χ4v) is 18.4. The lowest BCUT2D eigenvalue weighted by atomic mass is 9.75. The van der Waals surface area contributed by atoms with Gasteiger partial charge in [0.05, 0.1) is 75.7 Å². The Labute approximate surface area is 944 Å². The van der Waals surface area contributed by atoms with Crippen LogP contribution in [0.1, 0.15) is 225 Å². The van der Waals surface area contributed by atoms with Gasteiger partial charge in [0.25, 0.3) is 0 Å². The minimum absolute atomic E-state index is 0.0137. The molecule has 19 nitrogen and oxygen atoms in total. The highest BCUT2D eigenvalue weighted by Crippen LogP contribution is 2.38. The Balaban J connectivity index is 0.000000365. The average Bonchev–Trinajstić information content (AvgIpc) is 0.785. The van der Waals surface area contributed by atoms with E-state index in [1.165, 1.54) is 105 Å². The third-order valence-electron chi connectivity index (χ3n) is 25.2. The number of ether oxygens (including phenoxy) is 9. The number of hydrogen-bond acceptors (Lipinski definition) is 19. The van der Waals surface area contributed by atoms with E-state index >= 15 is 0 Å². The predicted molar refractivity (Wildman–Crippen MR) is 623 cm³/mol. The van der Waals surface area contributed by atoms with E-state index in [1.54, 1.807) is 33.5 Å². The molecule has 26 heteroatoms. The lowest BCUT2D eigenvalue weighted by molar-refractivity contribution is -0.169. The van der Waals surface area contributed by atoms with Gasteiger partial charge in [-0.3, -0.25) is 38.4 Å². The van der Waals surface area contributed by atoms with Crippen molar-refractivity contribution < 1.29 is 91.2 Å². The number of benzene rings is 11. The van der Waals surface area contributed by atoms with Crippen molar-refractivity contribution >= 4 is 159 Å². The number of halogens is 7. The van der Waals surface area contributed by atoms with Gasteiger partial charge in [0.1, 0.15) is 6.42 Å². The van der Waals surface area contributed by atoms with Crippen LogP contribution < -0.4 is 0 Å². The van der Waals surface area contributed by atoms with Crippen molar-refractivity contribution in [2.75, 3.05) is 97.0 Å². The number of carbonyl (C=O) groups excluding carboxylic acids is 8. The molecule has 149 heavy (non-hydrogen) atoms. The van der Waals surface area contributed by atoms with E-state index in [0.717, 1.165) is 98.5 Å². The molecule has 1 atom stereocenters. The summed E-state index contributed by atoms with van der Waals surface area (Å²) >= 11 is 23.8. The number of alkyl halides is 2. The molecule has 1 unspecified atom stereocenters. The summed E-state index contributed by atoms with van der Waals surface area (Å²) in [7, 11) is 12.8. The van der Waals surface area contributed by atoms with Gasteiger partial charge in [-0.15, -0.1) is 0 Å². The minimum atomic E-state index is -1.43. The Morgan fingerprint density at radius 1 is 0.282 bits per heavy atom. The van der Waals surface area contributed by atoms with Gasteiger partial charge in [0.15, 0.2) is 17.1 Å². The first-order valence-corrected chi connectivity index (χ1v) is 55.7. The zero-order valence-corrected chi connectivity index (χ0v) is 101. The zero-order valence-electron chi connectivity index (χ0n) is 90.1. The Kier molecular flexibility index (Phi) is 62.1. The summed E-state index contributed by atoms with van der Waals surface area (Å²) < 4.78 is 49.5. The van der Waals surface area contributed by atoms with E-state index in [9.17, 15) is 48.6 Å². The van der Waals surface area contributed by atoms with Crippen molar-refractivity contribution in [3.05, 3.63) is 384 Å². The smallest absolute Gasteiger partial charge is 0.323 e. The van der Waals surface area contributed by atoms with Crippen molar-refractivity contribution in [3.63, 3.8) is 0 Å². The second kappa shape index (κ2) is 70.1. The maximum Gasteiger partial charge on any atom is 0.323 e. The second-order valence-electron chi connectivity index (χ2n) is 38.5. The molecule has 0 spiro atoms. The summed E-state index contributed by atoms with van der Waals surface area (Å²) in [5, 5.41) is 21.7. The Morgan fingerprint density at radius 3 is 0.725 bits per heavy atom. The molecule has 2 N–H and O–H groups in total. The fraction of sp³-hybridized carbons (Fsp3) is 0.398. The average molecular weight is 2490 g/mol. The maximum absolute atomic E-state index is 12.8. The van der Waals surface area contributed by atoms with E-state index in [-0.39, 0.29) is 49.7 Å². The lowest BCUT2D eigenvalue weighted by Crippen LogP contribution is -2.45. The number of methoxy groups -OCH3 is 9. The number of hydrogen-bond donors (Lipinski definition) is 2. The molecule has 0 fully saturated rings. The molecule has 0 aromatic heterocycles. The summed E-state index contributed by atoms with van der Waals surface area (Å²) in [5.41, 5.74) is 17.7. The zero-order chi connectivity index (χ0) is 111. The summed E-state index contributed by atoms with van der Waals surface area (Å²) in [6, 6.07) is 90.2. The number of Topliss-reactive ketones (excluding diaryl/α,β-unsaturated/α-hetero) is 2. The topological polar surface area (TPSA) is 260 Å². The van der Waals surface area contributed by atoms with Crippen LogP contribution in [0, 0.1) is 27.6 Å². The third kappa shape index (κ3) is 47.5. The number of ketones is 2. The van der Waals surface area contributed by atoms with Gasteiger partial charge in [-0.05, 0) is 243 Å². The predicted octanol–water partition coefficient (Wildman–Crippen LogP) is 28.8. The SMILES string of the molecule is BrCc1ccc(Br)cc1.CC(C)c1ccc(CBr)cc1.CC(C)c1ccc(CC(CO)(CO)Cc2ccc(Br)cc2)cc1.CCC(COC)(Cc1ccc(C(=O)C(C)=O)cc1)Cc1ccc(C(C)C)cc1.COC(=O)C(Cc1ccc(Br)cc1)(Cc1ccc(C(C)C)cc1)C(=O)OC.COC(=O)C(Cc1ccc(Br)cc1)C(=O)OC.COC(=O)CC(=O)OC.COCC(COC)(Cc1ccc(Br)cc1)Cc1ccc(C(C)C)cc1. The Bertz CT molecular complexity index is 5690. The van der Waals surface area contributed by atoms with E-state index in [4.69, 9.17) is 23.7 Å². The first-order valence-electron chi connectivity index (χ1n) is 49.5. The molecular weight excluding hydrogens is 2340 g/mol. The van der Waals surface area contributed by atoms with Gasteiger partial charge >= 0.3 is 35.8 Å². The van der Waals surface area contributed by atoms with E-state index in [0.29, 0.717) is 67.8 Å². The molecule has 806 valence electrons. The summed E-state index contributed by atoms with van der Waals surface area (Å²) in [6.45, 7) is 27.3. The lowest BCUT2D eigenvalue weighted by Gasteiger charge is -2.33. The number of aliphatic hydroxyl groups is 2. The van der Waals surface area contributed by atoms with Gasteiger partial charge in [0, 0.05) is 83.1 Å². The second-order valence-corrected chi connectivity index (χ2v) is 44.2. The Morgan fingerprint density at radius 2 is 0.503 bits per heavy atom. The van der Waals surface area contributed by atoms with Crippen LogP contribution in [0.15, 0.2) is 289 Å². The van der Waals surface area contributed by atoms with Crippen LogP contribution >= 0.6 is 112 Å². The van der Waals surface area contributed by atoms with Gasteiger partial charge in [-0.25, -0.2) is 0 Å². The van der Waals surface area contributed by atoms with Crippen molar-refractivity contribution in [1.82, 2.24) is 0 Å². The molecular formula is C123H151Br7O19. The van der Waals surface area contributed by atoms with Gasteiger partial charge in [-0.1, -0.05) is 394 Å². The summed E-state index contributed by atoms with van der Waals surface area (Å²) in [4.78, 5) is 92.1. The normalized spacial score (nSPS) is 11.4. The number of rotatable bonds is 42. The first-order chi connectivity index (χ1) is 70.9.